The lowest BCUT2D eigenvalue weighted by Crippen LogP contribution is -2.57. The number of ether oxygens (including phenoxy) is 1. The molecule has 1 aliphatic carbocycles. The number of aromatic nitrogens is 1. The van der Waals surface area contributed by atoms with Crippen molar-refractivity contribution in [2.24, 2.45) is 11.8 Å². The van der Waals surface area contributed by atoms with Crippen molar-refractivity contribution in [1.29, 1.82) is 0 Å². The number of hydrogen-bond donors (Lipinski definition) is 5. The molecule has 2 heterocycles. The maximum Gasteiger partial charge on any atom is 0.183 e. The first-order valence-corrected chi connectivity index (χ1v) is 7.95. The lowest BCUT2D eigenvalue weighted by molar-refractivity contribution is -0.284. The summed E-state index contributed by atoms with van der Waals surface area (Å²) in [4.78, 5) is 4.16. The summed E-state index contributed by atoms with van der Waals surface area (Å²) >= 11 is 0. The molecule has 23 heavy (non-hydrogen) atoms. The van der Waals surface area contributed by atoms with Gasteiger partial charge in [0.15, 0.2) is 6.29 Å². The SMILES string of the molecule is O[C@@H]1[C@H](O)[C@@H]2C[C@@H]([C@H](O)c3ccccn3)CC[C@@H](O)[C@H]2O[C@H]1O. The molecule has 0 radical (unpaired) electrons. The van der Waals surface area contributed by atoms with Crippen LogP contribution >= 0.6 is 0 Å². The van der Waals surface area contributed by atoms with Crippen molar-refractivity contribution < 1.29 is 30.3 Å². The highest BCUT2D eigenvalue weighted by molar-refractivity contribution is 5.09. The van der Waals surface area contributed by atoms with Crippen LogP contribution in [0.15, 0.2) is 24.4 Å². The molecule has 7 nitrogen and oxygen atoms in total. The van der Waals surface area contributed by atoms with Gasteiger partial charge in [-0.3, -0.25) is 4.98 Å². The molecule has 2 aliphatic rings. The highest BCUT2D eigenvalue weighted by atomic mass is 16.6. The fraction of sp³-hybridized carbons (Fsp3) is 0.688. The minimum atomic E-state index is -1.52. The zero-order valence-corrected chi connectivity index (χ0v) is 12.6. The predicted octanol–water partition coefficient (Wildman–Crippen LogP) is -0.669. The first-order chi connectivity index (χ1) is 11.0. The van der Waals surface area contributed by atoms with Crippen molar-refractivity contribution in [3.8, 4) is 0 Å². The summed E-state index contributed by atoms with van der Waals surface area (Å²) in [6.45, 7) is 0. The zero-order chi connectivity index (χ0) is 16.6. The topological polar surface area (TPSA) is 123 Å². The largest absolute Gasteiger partial charge is 0.390 e. The van der Waals surface area contributed by atoms with Gasteiger partial charge in [0.2, 0.25) is 0 Å². The number of nitrogens with zero attached hydrogens (tertiary/aromatic N) is 1. The summed E-state index contributed by atoms with van der Waals surface area (Å²) in [5, 5.41) is 50.6. The van der Waals surface area contributed by atoms with Gasteiger partial charge in [-0.1, -0.05) is 6.07 Å². The van der Waals surface area contributed by atoms with Crippen LogP contribution in [0.4, 0.5) is 0 Å². The number of aliphatic hydroxyl groups is 5. The summed E-state index contributed by atoms with van der Waals surface area (Å²) in [5.74, 6) is -0.787. The first-order valence-electron chi connectivity index (χ1n) is 7.95. The molecule has 1 aromatic heterocycles. The third kappa shape index (κ3) is 3.26. The van der Waals surface area contributed by atoms with Crippen LogP contribution in [0.1, 0.15) is 31.1 Å². The Labute approximate surface area is 134 Å². The number of aliphatic hydroxyl groups excluding tert-OH is 5. The van der Waals surface area contributed by atoms with Gasteiger partial charge in [-0.15, -0.1) is 0 Å². The molecule has 0 spiro atoms. The molecule has 1 saturated carbocycles. The van der Waals surface area contributed by atoms with Crippen molar-refractivity contribution in [2.75, 3.05) is 0 Å². The second-order valence-corrected chi connectivity index (χ2v) is 6.48. The molecule has 2 fully saturated rings. The molecule has 0 bridgehead atoms. The van der Waals surface area contributed by atoms with Gasteiger partial charge >= 0.3 is 0 Å². The van der Waals surface area contributed by atoms with Crippen molar-refractivity contribution in [1.82, 2.24) is 4.98 Å². The molecule has 7 heteroatoms. The van der Waals surface area contributed by atoms with E-state index < -0.39 is 42.7 Å². The lowest BCUT2D eigenvalue weighted by atomic mass is 9.80. The Hall–Kier alpha value is -1.09. The minimum Gasteiger partial charge on any atom is -0.390 e. The molecule has 8 atom stereocenters. The van der Waals surface area contributed by atoms with E-state index >= 15 is 0 Å². The predicted molar refractivity (Wildman–Crippen MR) is 78.9 cm³/mol. The quantitative estimate of drug-likeness (QED) is 0.489. The number of fused-ring (bicyclic) bond motifs is 1. The monoisotopic (exact) mass is 325 g/mol. The van der Waals surface area contributed by atoms with Gasteiger partial charge < -0.3 is 30.3 Å². The average Bonchev–Trinajstić information content (AvgIpc) is 2.73. The normalized spacial score (nSPS) is 42.6. The summed E-state index contributed by atoms with van der Waals surface area (Å²) in [7, 11) is 0. The van der Waals surface area contributed by atoms with Crippen LogP contribution < -0.4 is 0 Å². The van der Waals surface area contributed by atoms with Crippen LogP contribution in [-0.4, -0.2) is 61.2 Å². The Kier molecular flexibility index (Phi) is 4.96. The van der Waals surface area contributed by atoms with E-state index in [1.165, 1.54) is 0 Å². The van der Waals surface area contributed by atoms with Crippen LogP contribution in [-0.2, 0) is 4.74 Å². The summed E-state index contributed by atoms with van der Waals surface area (Å²) < 4.78 is 5.30. The van der Waals surface area contributed by atoms with Crippen LogP contribution in [0.5, 0.6) is 0 Å². The van der Waals surface area contributed by atoms with Crippen molar-refractivity contribution in [3.05, 3.63) is 30.1 Å². The molecule has 3 rings (SSSR count). The molecular weight excluding hydrogens is 302 g/mol. The van der Waals surface area contributed by atoms with Crippen LogP contribution in [0.25, 0.3) is 0 Å². The average molecular weight is 325 g/mol. The highest BCUT2D eigenvalue weighted by Crippen LogP contribution is 2.41. The van der Waals surface area contributed by atoms with Gasteiger partial charge in [0.25, 0.3) is 0 Å². The molecule has 0 unspecified atom stereocenters. The molecule has 5 N–H and O–H groups in total. The third-order valence-electron chi connectivity index (χ3n) is 5.02. The molecule has 1 aliphatic heterocycles. The summed E-state index contributed by atoms with van der Waals surface area (Å²) in [6, 6.07) is 5.29. The zero-order valence-electron chi connectivity index (χ0n) is 12.6. The van der Waals surface area contributed by atoms with E-state index in [-0.39, 0.29) is 5.92 Å². The number of pyridine rings is 1. The fourth-order valence-electron chi connectivity index (χ4n) is 3.70. The van der Waals surface area contributed by atoms with Gasteiger partial charge in [0, 0.05) is 12.1 Å². The summed E-state index contributed by atoms with van der Waals surface area (Å²) in [5.41, 5.74) is 0.539. The van der Waals surface area contributed by atoms with Gasteiger partial charge in [0.05, 0.1) is 30.1 Å². The smallest absolute Gasteiger partial charge is 0.183 e. The Morgan fingerprint density at radius 2 is 1.87 bits per heavy atom. The van der Waals surface area contributed by atoms with E-state index in [0.717, 1.165) is 0 Å². The standard InChI is InChI=1S/C16H23NO6/c18-11-5-4-8(12(19)10-3-1-2-6-17-10)7-9-13(20)14(21)16(22)23-15(9)11/h1-3,6,8-9,11-16,18-22H,4-5,7H2/t8-,9-,11+,12-,13+,14+,15-,16+/m0/s1. The second kappa shape index (κ2) is 6.80. The third-order valence-corrected chi connectivity index (χ3v) is 5.02. The van der Waals surface area contributed by atoms with E-state index in [1.807, 2.05) is 0 Å². The molecule has 1 aromatic rings. The van der Waals surface area contributed by atoms with Crippen LogP contribution in [0.3, 0.4) is 0 Å². The Balaban J connectivity index is 1.81. The van der Waals surface area contributed by atoms with Gasteiger partial charge in [-0.2, -0.15) is 0 Å². The Morgan fingerprint density at radius 3 is 2.57 bits per heavy atom. The fourth-order valence-corrected chi connectivity index (χ4v) is 3.70. The van der Waals surface area contributed by atoms with Gasteiger partial charge in [0.1, 0.15) is 6.10 Å². The minimum absolute atomic E-state index is 0.227. The van der Waals surface area contributed by atoms with Gasteiger partial charge in [-0.25, -0.2) is 0 Å². The first kappa shape index (κ1) is 16.8. The molecule has 0 aromatic carbocycles. The van der Waals surface area contributed by atoms with Crippen molar-refractivity contribution >= 4 is 0 Å². The molecule has 128 valence electrons. The van der Waals surface area contributed by atoms with Crippen LogP contribution in [0.2, 0.25) is 0 Å². The highest BCUT2D eigenvalue weighted by Gasteiger charge is 2.49. The van der Waals surface area contributed by atoms with E-state index in [4.69, 9.17) is 4.74 Å². The lowest BCUT2D eigenvalue weighted by Gasteiger charge is -2.42. The van der Waals surface area contributed by atoms with E-state index in [9.17, 15) is 25.5 Å². The molecular formula is C16H23NO6. The Bertz CT molecular complexity index is 515. The van der Waals surface area contributed by atoms with Crippen molar-refractivity contribution in [2.45, 2.75) is 56.1 Å². The van der Waals surface area contributed by atoms with Crippen molar-refractivity contribution in [3.63, 3.8) is 0 Å². The number of rotatable bonds is 2. The van der Waals surface area contributed by atoms with E-state index in [2.05, 4.69) is 4.98 Å². The van der Waals surface area contributed by atoms with E-state index in [1.54, 1.807) is 24.4 Å². The molecule has 0 amide bonds. The Morgan fingerprint density at radius 1 is 1.09 bits per heavy atom. The van der Waals surface area contributed by atoms with Gasteiger partial charge in [-0.05, 0) is 37.3 Å². The summed E-state index contributed by atoms with van der Waals surface area (Å²) in [6.07, 6.45) is -3.71. The maximum atomic E-state index is 10.6. The van der Waals surface area contributed by atoms with E-state index in [0.29, 0.717) is 25.0 Å². The van der Waals surface area contributed by atoms with Crippen LogP contribution in [0, 0.1) is 11.8 Å². The molecule has 1 saturated heterocycles. The second-order valence-electron chi connectivity index (χ2n) is 6.48. The number of hydrogen-bond acceptors (Lipinski definition) is 7. The maximum absolute atomic E-state index is 10.6.